The fourth-order valence-corrected chi connectivity index (χ4v) is 4.69. The first kappa shape index (κ1) is 18.0. The van der Waals surface area contributed by atoms with Crippen molar-refractivity contribution in [3.05, 3.63) is 57.1 Å². The van der Waals surface area contributed by atoms with Crippen molar-refractivity contribution in [3.8, 4) is 0 Å². The van der Waals surface area contributed by atoms with E-state index in [0.29, 0.717) is 11.7 Å². The summed E-state index contributed by atoms with van der Waals surface area (Å²) in [5, 5.41) is 9.43. The van der Waals surface area contributed by atoms with Crippen molar-refractivity contribution in [1.29, 1.82) is 0 Å². The van der Waals surface area contributed by atoms with Gasteiger partial charge in [-0.2, -0.15) is 4.98 Å². The normalized spacial score (nSPS) is 16.0. The Bertz CT molecular complexity index is 949. The molecular weight excluding hydrogens is 360 g/mol. The molecule has 1 fully saturated rings. The van der Waals surface area contributed by atoms with Crippen LogP contribution in [-0.4, -0.2) is 20.6 Å². The van der Waals surface area contributed by atoms with Gasteiger partial charge in [0.25, 0.3) is 5.91 Å². The molecule has 0 aliphatic heterocycles. The standard InChI is InChI=1S/C20H24N4O2S/c1-13-11-17(14(2)24(13)12-16-7-6-10-27-16)18(25)22-20(8-4-5-9-20)19-21-15(3)26-23-19/h6-7,10-11H,4-5,8-9,12H2,1-3H3,(H,22,25). The van der Waals surface area contributed by atoms with E-state index < -0.39 is 5.54 Å². The zero-order valence-electron chi connectivity index (χ0n) is 15.9. The number of carbonyl (C=O) groups is 1. The largest absolute Gasteiger partial charge is 0.343 e. The summed E-state index contributed by atoms with van der Waals surface area (Å²) in [6.45, 7) is 6.62. The van der Waals surface area contributed by atoms with Crippen molar-refractivity contribution in [2.75, 3.05) is 0 Å². The van der Waals surface area contributed by atoms with Gasteiger partial charge < -0.3 is 14.4 Å². The number of thiophene rings is 1. The van der Waals surface area contributed by atoms with Crippen LogP contribution in [0.15, 0.2) is 28.1 Å². The number of aromatic nitrogens is 3. The zero-order valence-corrected chi connectivity index (χ0v) is 16.7. The van der Waals surface area contributed by atoms with E-state index in [1.165, 1.54) is 4.88 Å². The van der Waals surface area contributed by atoms with Crippen molar-refractivity contribution in [2.24, 2.45) is 0 Å². The van der Waals surface area contributed by atoms with Crippen LogP contribution in [0.1, 0.15) is 64.0 Å². The number of rotatable bonds is 5. The van der Waals surface area contributed by atoms with Crippen molar-refractivity contribution >= 4 is 17.2 Å². The maximum atomic E-state index is 13.2. The summed E-state index contributed by atoms with van der Waals surface area (Å²) in [6, 6.07) is 6.15. The summed E-state index contributed by atoms with van der Waals surface area (Å²) in [6.07, 6.45) is 3.77. The molecule has 142 valence electrons. The molecular formula is C20H24N4O2S. The van der Waals surface area contributed by atoms with Crippen molar-refractivity contribution in [3.63, 3.8) is 0 Å². The molecule has 0 saturated heterocycles. The molecule has 0 spiro atoms. The molecule has 1 aliphatic carbocycles. The molecule has 1 aliphatic rings. The van der Waals surface area contributed by atoms with E-state index in [-0.39, 0.29) is 5.91 Å². The molecule has 0 bridgehead atoms. The van der Waals surface area contributed by atoms with Gasteiger partial charge in [-0.05, 0) is 44.2 Å². The van der Waals surface area contributed by atoms with E-state index in [2.05, 4.69) is 37.5 Å². The van der Waals surface area contributed by atoms with E-state index in [4.69, 9.17) is 4.52 Å². The summed E-state index contributed by atoms with van der Waals surface area (Å²) in [7, 11) is 0. The van der Waals surface area contributed by atoms with Gasteiger partial charge in [0, 0.05) is 23.2 Å². The lowest BCUT2D eigenvalue weighted by atomic mass is 9.96. The lowest BCUT2D eigenvalue weighted by Gasteiger charge is -2.26. The van der Waals surface area contributed by atoms with Crippen LogP contribution in [0, 0.1) is 20.8 Å². The van der Waals surface area contributed by atoms with Gasteiger partial charge in [-0.25, -0.2) is 0 Å². The Morgan fingerprint density at radius 2 is 2.11 bits per heavy atom. The summed E-state index contributed by atoms with van der Waals surface area (Å²) < 4.78 is 7.37. The minimum atomic E-state index is -0.523. The monoisotopic (exact) mass is 384 g/mol. The molecule has 1 saturated carbocycles. The molecule has 7 heteroatoms. The molecule has 4 rings (SSSR count). The number of carbonyl (C=O) groups excluding carboxylic acids is 1. The summed E-state index contributed by atoms with van der Waals surface area (Å²) in [4.78, 5) is 18.9. The minimum Gasteiger partial charge on any atom is -0.343 e. The molecule has 3 heterocycles. The van der Waals surface area contributed by atoms with Gasteiger partial charge in [-0.15, -0.1) is 11.3 Å². The molecule has 0 radical (unpaired) electrons. The van der Waals surface area contributed by atoms with Gasteiger partial charge in [0.1, 0.15) is 5.54 Å². The molecule has 0 atom stereocenters. The Balaban J connectivity index is 1.61. The molecule has 3 aromatic heterocycles. The van der Waals surface area contributed by atoms with Crippen molar-refractivity contribution in [1.82, 2.24) is 20.0 Å². The average molecular weight is 385 g/mol. The van der Waals surface area contributed by atoms with Crippen LogP contribution >= 0.6 is 11.3 Å². The van der Waals surface area contributed by atoms with Crippen LogP contribution in [0.2, 0.25) is 0 Å². The van der Waals surface area contributed by atoms with Crippen LogP contribution in [0.3, 0.4) is 0 Å². The number of hydrogen-bond acceptors (Lipinski definition) is 5. The smallest absolute Gasteiger partial charge is 0.253 e. The number of amides is 1. The third kappa shape index (κ3) is 3.32. The van der Waals surface area contributed by atoms with E-state index in [9.17, 15) is 4.79 Å². The lowest BCUT2D eigenvalue weighted by Crippen LogP contribution is -2.44. The third-order valence-electron chi connectivity index (χ3n) is 5.48. The van der Waals surface area contributed by atoms with Gasteiger partial charge in [-0.1, -0.05) is 24.1 Å². The van der Waals surface area contributed by atoms with E-state index in [0.717, 1.165) is 49.2 Å². The Hall–Kier alpha value is -2.41. The number of nitrogens with one attached hydrogen (secondary N) is 1. The van der Waals surface area contributed by atoms with Crippen LogP contribution in [0.4, 0.5) is 0 Å². The number of nitrogens with zero attached hydrogens (tertiary/aromatic N) is 3. The van der Waals surface area contributed by atoms with Gasteiger partial charge in [0.2, 0.25) is 5.89 Å². The minimum absolute atomic E-state index is 0.0649. The summed E-state index contributed by atoms with van der Waals surface area (Å²) in [5.41, 5.74) is 2.26. The highest BCUT2D eigenvalue weighted by Gasteiger charge is 2.41. The summed E-state index contributed by atoms with van der Waals surface area (Å²) >= 11 is 1.73. The molecule has 27 heavy (non-hydrogen) atoms. The van der Waals surface area contributed by atoms with Gasteiger partial charge >= 0.3 is 0 Å². The Morgan fingerprint density at radius 3 is 2.74 bits per heavy atom. The Labute approximate surface area is 162 Å². The highest BCUT2D eigenvalue weighted by Crippen LogP contribution is 2.37. The topological polar surface area (TPSA) is 73.0 Å². The maximum absolute atomic E-state index is 13.2. The first-order valence-corrected chi connectivity index (χ1v) is 10.2. The molecule has 3 aromatic rings. The quantitative estimate of drug-likeness (QED) is 0.719. The second-order valence-electron chi connectivity index (χ2n) is 7.33. The number of aryl methyl sites for hydroxylation is 2. The Kier molecular flexibility index (Phi) is 4.63. The second kappa shape index (κ2) is 6.96. The van der Waals surface area contributed by atoms with Crippen LogP contribution in [0.25, 0.3) is 0 Å². The third-order valence-corrected chi connectivity index (χ3v) is 6.34. The predicted octanol–water partition coefficient (Wildman–Crippen LogP) is 4.11. The second-order valence-corrected chi connectivity index (χ2v) is 8.36. The molecule has 1 amide bonds. The Morgan fingerprint density at radius 1 is 1.33 bits per heavy atom. The molecule has 1 N–H and O–H groups in total. The zero-order chi connectivity index (χ0) is 19.0. The van der Waals surface area contributed by atoms with Crippen LogP contribution in [-0.2, 0) is 12.1 Å². The first-order valence-electron chi connectivity index (χ1n) is 9.31. The van der Waals surface area contributed by atoms with Gasteiger partial charge in [0.15, 0.2) is 5.82 Å². The first-order chi connectivity index (χ1) is 13.0. The van der Waals surface area contributed by atoms with Gasteiger partial charge in [-0.3, -0.25) is 4.79 Å². The average Bonchev–Trinajstić information content (AvgIpc) is 3.41. The lowest BCUT2D eigenvalue weighted by molar-refractivity contribution is 0.0891. The van der Waals surface area contributed by atoms with Gasteiger partial charge in [0.05, 0.1) is 12.1 Å². The number of hydrogen-bond donors (Lipinski definition) is 1. The molecule has 0 aromatic carbocycles. The molecule has 6 nitrogen and oxygen atoms in total. The van der Waals surface area contributed by atoms with Crippen molar-refractivity contribution < 1.29 is 9.32 Å². The van der Waals surface area contributed by atoms with E-state index >= 15 is 0 Å². The fraction of sp³-hybridized carbons (Fsp3) is 0.450. The molecule has 0 unspecified atom stereocenters. The highest BCUT2D eigenvalue weighted by atomic mass is 32.1. The maximum Gasteiger partial charge on any atom is 0.253 e. The highest BCUT2D eigenvalue weighted by molar-refractivity contribution is 7.09. The predicted molar refractivity (Wildman–Crippen MR) is 104 cm³/mol. The van der Waals surface area contributed by atoms with Crippen LogP contribution < -0.4 is 5.32 Å². The van der Waals surface area contributed by atoms with Crippen LogP contribution in [0.5, 0.6) is 0 Å². The van der Waals surface area contributed by atoms with E-state index in [1.807, 2.05) is 19.9 Å². The van der Waals surface area contributed by atoms with Crippen molar-refractivity contribution in [2.45, 2.75) is 58.5 Å². The summed E-state index contributed by atoms with van der Waals surface area (Å²) in [5.74, 6) is 1.06. The SMILES string of the molecule is Cc1nc(C2(NC(=O)c3cc(C)n(Cc4cccs4)c3C)CCCC2)no1. The van der Waals surface area contributed by atoms with E-state index in [1.54, 1.807) is 18.3 Å². The fourth-order valence-electron chi connectivity index (χ4n) is 3.99.